The van der Waals surface area contributed by atoms with Gasteiger partial charge in [-0.3, -0.25) is 9.69 Å². The molecule has 3 N–H and O–H groups in total. The zero-order valence-electron chi connectivity index (χ0n) is 13.8. The molecule has 0 bridgehead atoms. The van der Waals surface area contributed by atoms with Crippen molar-refractivity contribution in [2.45, 2.75) is 18.6 Å². The van der Waals surface area contributed by atoms with Gasteiger partial charge in [0.2, 0.25) is 5.96 Å². The number of aliphatic hydroxyl groups is 1. The zero-order valence-corrected chi connectivity index (χ0v) is 13.8. The molecule has 4 rings (SSSR count). The van der Waals surface area contributed by atoms with Crippen molar-refractivity contribution in [3.05, 3.63) is 35.8 Å². The van der Waals surface area contributed by atoms with Gasteiger partial charge in [-0.15, -0.1) is 0 Å². The molecule has 0 unspecified atom stereocenters. The third-order valence-corrected chi connectivity index (χ3v) is 4.45. The molecule has 8 nitrogen and oxygen atoms in total. The lowest BCUT2D eigenvalue weighted by Gasteiger charge is -2.30. The summed E-state index contributed by atoms with van der Waals surface area (Å²) in [4.78, 5) is 25.5. The van der Waals surface area contributed by atoms with E-state index in [1.165, 1.54) is 4.90 Å². The van der Waals surface area contributed by atoms with Gasteiger partial charge >= 0.3 is 0 Å². The highest BCUT2D eigenvalue weighted by molar-refractivity contribution is 6.13. The van der Waals surface area contributed by atoms with Crippen molar-refractivity contribution in [2.75, 3.05) is 20.3 Å². The smallest absolute Gasteiger partial charge is 0.279 e. The van der Waals surface area contributed by atoms with Crippen molar-refractivity contribution < 1.29 is 14.6 Å². The molecule has 1 saturated heterocycles. The molecule has 1 aromatic carbocycles. The third-order valence-electron chi connectivity index (χ3n) is 4.45. The number of aromatic nitrogens is 2. The number of carbonyl (C=O) groups excluding carboxylic acids is 1. The Hall–Kier alpha value is -2.71. The number of nitrogens with zero attached hydrogens (tertiary/aromatic N) is 3. The molecule has 8 heteroatoms. The minimum Gasteiger partial charge on any atom is -0.391 e. The van der Waals surface area contributed by atoms with Crippen LogP contribution in [-0.4, -0.2) is 64.2 Å². The average Bonchev–Trinajstić information content (AvgIpc) is 3.17. The van der Waals surface area contributed by atoms with Crippen molar-refractivity contribution in [3.8, 4) is 0 Å². The van der Waals surface area contributed by atoms with Crippen LogP contribution in [0.1, 0.15) is 12.0 Å². The third kappa shape index (κ3) is 3.01. The molecule has 1 fully saturated rings. The number of imidazole rings is 1. The number of likely N-dealkylation sites (N-methyl/N-ethyl adjacent to an activating group) is 1. The SMILES string of the molecule is CN1C(=O)/C(=C/c2ccc3[nH]cnc3c2)N=C1N[C@@H]1COCC[C@H]1O. The van der Waals surface area contributed by atoms with E-state index >= 15 is 0 Å². The van der Waals surface area contributed by atoms with Crippen LogP contribution in [0.3, 0.4) is 0 Å². The first-order chi connectivity index (χ1) is 12.1. The topological polar surface area (TPSA) is 103 Å². The maximum Gasteiger partial charge on any atom is 0.279 e. The van der Waals surface area contributed by atoms with Crippen LogP contribution in [0.2, 0.25) is 0 Å². The van der Waals surface area contributed by atoms with Crippen LogP contribution in [0.15, 0.2) is 35.2 Å². The first-order valence-electron chi connectivity index (χ1n) is 8.16. The second-order valence-electron chi connectivity index (χ2n) is 6.19. The van der Waals surface area contributed by atoms with Crippen LogP contribution in [0, 0.1) is 0 Å². The Bertz CT molecular complexity index is 872. The lowest BCUT2D eigenvalue weighted by atomic mass is 10.1. The average molecular weight is 341 g/mol. The standard InChI is InChI=1S/C17H19N5O3/c1-22-16(24)13(7-10-2-3-11-12(6-10)19-9-18-11)20-17(22)21-14-8-25-5-4-15(14)23/h2-3,6-7,9,14-15,23H,4-5,8H2,1H3,(H,18,19)(H,20,21)/b13-7-/t14-,15-/m1/s1. The Balaban J connectivity index is 1.58. The number of nitrogens with one attached hydrogen (secondary N) is 2. The van der Waals surface area contributed by atoms with E-state index in [1.807, 2.05) is 18.2 Å². The largest absolute Gasteiger partial charge is 0.391 e. The van der Waals surface area contributed by atoms with Gasteiger partial charge in [0, 0.05) is 13.7 Å². The molecule has 3 heterocycles. The van der Waals surface area contributed by atoms with Crippen LogP contribution in [0.5, 0.6) is 0 Å². The predicted octanol–water partition coefficient (Wildman–Crippen LogP) is 0.471. The number of rotatable bonds is 2. The van der Waals surface area contributed by atoms with E-state index < -0.39 is 6.10 Å². The number of guanidine groups is 1. The fraction of sp³-hybridized carbons (Fsp3) is 0.353. The Labute approximate surface area is 144 Å². The number of hydrogen-bond acceptors (Lipinski definition) is 6. The number of ether oxygens (including phenoxy) is 1. The number of aliphatic imine (C=N–C) groups is 1. The van der Waals surface area contributed by atoms with Gasteiger partial charge in [-0.1, -0.05) is 6.07 Å². The molecule has 2 atom stereocenters. The molecule has 25 heavy (non-hydrogen) atoms. The second kappa shape index (κ2) is 6.30. The molecule has 0 spiro atoms. The van der Waals surface area contributed by atoms with E-state index in [0.29, 0.717) is 31.3 Å². The summed E-state index contributed by atoms with van der Waals surface area (Å²) in [5.41, 5.74) is 2.96. The summed E-state index contributed by atoms with van der Waals surface area (Å²) in [6.45, 7) is 0.929. The highest BCUT2D eigenvalue weighted by Crippen LogP contribution is 2.19. The van der Waals surface area contributed by atoms with Gasteiger partial charge in [0.1, 0.15) is 5.70 Å². The molecule has 2 aromatic rings. The van der Waals surface area contributed by atoms with Crippen molar-refractivity contribution >= 4 is 29.0 Å². The Morgan fingerprint density at radius 2 is 2.36 bits per heavy atom. The van der Waals surface area contributed by atoms with Crippen LogP contribution >= 0.6 is 0 Å². The van der Waals surface area contributed by atoms with Crippen molar-refractivity contribution in [2.24, 2.45) is 4.99 Å². The van der Waals surface area contributed by atoms with E-state index in [1.54, 1.807) is 19.5 Å². The molecule has 0 aliphatic carbocycles. The summed E-state index contributed by atoms with van der Waals surface area (Å²) < 4.78 is 5.38. The van der Waals surface area contributed by atoms with E-state index in [2.05, 4.69) is 20.3 Å². The highest BCUT2D eigenvalue weighted by atomic mass is 16.5. The molecule has 130 valence electrons. The Kier molecular flexibility index (Phi) is 3.98. The van der Waals surface area contributed by atoms with Gasteiger partial charge in [-0.05, 0) is 30.2 Å². The summed E-state index contributed by atoms with van der Waals surface area (Å²) in [6.07, 6.45) is 3.41. The van der Waals surface area contributed by atoms with Gasteiger partial charge in [-0.25, -0.2) is 9.98 Å². The molecule has 1 amide bonds. The van der Waals surface area contributed by atoms with Gasteiger partial charge in [0.25, 0.3) is 5.91 Å². The van der Waals surface area contributed by atoms with Gasteiger partial charge in [0.15, 0.2) is 0 Å². The van der Waals surface area contributed by atoms with Gasteiger partial charge < -0.3 is 20.1 Å². The van der Waals surface area contributed by atoms with E-state index in [-0.39, 0.29) is 11.9 Å². The number of aliphatic hydroxyl groups excluding tert-OH is 1. The summed E-state index contributed by atoms with van der Waals surface area (Å²) in [7, 11) is 1.65. The van der Waals surface area contributed by atoms with E-state index in [4.69, 9.17) is 4.74 Å². The summed E-state index contributed by atoms with van der Waals surface area (Å²) >= 11 is 0. The first-order valence-corrected chi connectivity index (χ1v) is 8.16. The molecule has 2 aliphatic rings. The minimum absolute atomic E-state index is 0.198. The predicted molar refractivity (Wildman–Crippen MR) is 92.6 cm³/mol. The number of carbonyl (C=O) groups is 1. The number of benzene rings is 1. The van der Waals surface area contributed by atoms with Gasteiger partial charge in [-0.2, -0.15) is 0 Å². The highest BCUT2D eigenvalue weighted by Gasteiger charge is 2.31. The van der Waals surface area contributed by atoms with Crippen molar-refractivity contribution in [3.63, 3.8) is 0 Å². The number of fused-ring (bicyclic) bond motifs is 1. The van der Waals surface area contributed by atoms with Crippen LogP contribution < -0.4 is 5.32 Å². The fourth-order valence-corrected chi connectivity index (χ4v) is 2.95. The summed E-state index contributed by atoms with van der Waals surface area (Å²) in [6, 6.07) is 5.44. The first kappa shape index (κ1) is 15.8. The number of aromatic amines is 1. The molecule has 0 radical (unpaired) electrons. The monoisotopic (exact) mass is 341 g/mol. The van der Waals surface area contributed by atoms with E-state index in [9.17, 15) is 9.90 Å². The van der Waals surface area contributed by atoms with Crippen LogP contribution in [0.4, 0.5) is 0 Å². The fourth-order valence-electron chi connectivity index (χ4n) is 2.95. The second-order valence-corrected chi connectivity index (χ2v) is 6.19. The maximum absolute atomic E-state index is 12.4. The van der Waals surface area contributed by atoms with Gasteiger partial charge in [0.05, 0.1) is 36.1 Å². The lowest BCUT2D eigenvalue weighted by molar-refractivity contribution is -0.121. The zero-order chi connectivity index (χ0) is 17.4. The number of hydrogen-bond donors (Lipinski definition) is 3. The van der Waals surface area contributed by atoms with Crippen LogP contribution in [-0.2, 0) is 9.53 Å². The number of amides is 1. The maximum atomic E-state index is 12.4. The van der Waals surface area contributed by atoms with Crippen molar-refractivity contribution in [1.29, 1.82) is 0 Å². The van der Waals surface area contributed by atoms with Crippen molar-refractivity contribution in [1.82, 2.24) is 20.2 Å². The molecule has 0 saturated carbocycles. The molecular formula is C17H19N5O3. The quantitative estimate of drug-likeness (QED) is 0.689. The minimum atomic E-state index is -0.518. The Morgan fingerprint density at radius 1 is 1.48 bits per heavy atom. The van der Waals surface area contributed by atoms with E-state index in [0.717, 1.165) is 16.6 Å². The molecule has 2 aliphatic heterocycles. The summed E-state index contributed by atoms with van der Waals surface area (Å²) in [5, 5.41) is 13.1. The normalized spacial score (nSPS) is 25.7. The Morgan fingerprint density at radius 3 is 3.20 bits per heavy atom. The molecule has 1 aromatic heterocycles. The number of H-pyrrole nitrogens is 1. The van der Waals surface area contributed by atoms with Crippen LogP contribution in [0.25, 0.3) is 17.1 Å². The summed E-state index contributed by atoms with van der Waals surface area (Å²) in [5.74, 6) is 0.225. The molecular weight excluding hydrogens is 322 g/mol. The lowest BCUT2D eigenvalue weighted by Crippen LogP contribution is -2.52.